The van der Waals surface area contributed by atoms with Gasteiger partial charge in [0.2, 0.25) is 0 Å². The van der Waals surface area contributed by atoms with Gasteiger partial charge in [-0.15, -0.1) is 0 Å². The molecule has 1 aromatic heterocycles. The summed E-state index contributed by atoms with van der Waals surface area (Å²) in [6.45, 7) is 0.534. The lowest BCUT2D eigenvalue weighted by molar-refractivity contribution is 0.510. The average Bonchev–Trinajstić information content (AvgIpc) is 3.40. The lowest BCUT2D eigenvalue weighted by Gasteiger charge is -2.08. The summed E-state index contributed by atoms with van der Waals surface area (Å²) >= 11 is 0. The molecule has 5 rings (SSSR count). The van der Waals surface area contributed by atoms with Gasteiger partial charge in [-0.3, -0.25) is 4.68 Å². The van der Waals surface area contributed by atoms with Gasteiger partial charge in [-0.25, -0.2) is 23.4 Å². The van der Waals surface area contributed by atoms with Gasteiger partial charge in [-0.2, -0.15) is 10.2 Å². The molecule has 0 aliphatic carbocycles. The lowest BCUT2D eigenvalue weighted by Crippen LogP contribution is -2.06. The molecule has 2 aliphatic heterocycles. The Hall–Kier alpha value is -3.94. The topological polar surface area (TPSA) is 61.4 Å². The van der Waals surface area contributed by atoms with Crippen LogP contribution in [0.5, 0.6) is 0 Å². The molecule has 3 heterocycles. The number of rotatable bonds is 4. The Morgan fingerprint density at radius 3 is 2.48 bits per heavy atom. The largest absolute Gasteiger partial charge is 0.266 e. The zero-order chi connectivity index (χ0) is 19.8. The van der Waals surface area contributed by atoms with E-state index in [0.29, 0.717) is 17.9 Å². The van der Waals surface area contributed by atoms with Crippen molar-refractivity contribution in [2.24, 2.45) is 0 Å². The van der Waals surface area contributed by atoms with E-state index in [-0.39, 0.29) is 11.4 Å². The third-order valence-electron chi connectivity index (χ3n) is 4.56. The fourth-order valence-corrected chi connectivity index (χ4v) is 3.11. The second-order valence-electron chi connectivity index (χ2n) is 6.51. The Bertz CT molecular complexity index is 1240. The van der Waals surface area contributed by atoms with Crippen molar-refractivity contribution in [1.29, 1.82) is 0 Å². The highest BCUT2D eigenvalue weighted by Gasteiger charge is 2.18. The first-order valence-electron chi connectivity index (χ1n) is 8.91. The molecule has 0 bridgehead atoms. The molecule has 0 atom stereocenters. The van der Waals surface area contributed by atoms with E-state index in [0.717, 1.165) is 17.3 Å². The van der Waals surface area contributed by atoms with Gasteiger partial charge in [-0.05, 0) is 35.9 Å². The van der Waals surface area contributed by atoms with Crippen molar-refractivity contribution in [3.05, 3.63) is 90.5 Å². The first-order chi connectivity index (χ1) is 14.2. The van der Waals surface area contributed by atoms with Gasteiger partial charge in [0.05, 0.1) is 30.2 Å². The molecule has 8 heteroatoms. The Balaban J connectivity index is 1.42. The quantitative estimate of drug-likeness (QED) is 0.468. The third-order valence-corrected chi connectivity index (χ3v) is 4.56. The maximum absolute atomic E-state index is 14.0. The normalized spacial score (nSPS) is 11.2. The first-order valence-corrected chi connectivity index (χ1v) is 8.91. The minimum atomic E-state index is -0.957. The SMILES string of the molecule is Fc1cccc(-c2nc3cnn(Cc4ccc(-n5cccn5)cc4)cc-3n2)c1F. The number of hydrogen-bond acceptors (Lipinski definition) is 4. The molecule has 0 radical (unpaired) electrons. The number of fused-ring (bicyclic) bond motifs is 1. The average molecular weight is 388 g/mol. The fourth-order valence-electron chi connectivity index (χ4n) is 3.11. The number of halogens is 2. The van der Waals surface area contributed by atoms with Crippen LogP contribution in [0.25, 0.3) is 28.5 Å². The van der Waals surface area contributed by atoms with Gasteiger partial charge >= 0.3 is 0 Å². The highest BCUT2D eigenvalue weighted by molar-refractivity contribution is 5.65. The Labute approximate surface area is 164 Å². The predicted molar refractivity (Wildman–Crippen MR) is 102 cm³/mol. The molecular weight excluding hydrogens is 374 g/mol. The zero-order valence-electron chi connectivity index (χ0n) is 15.1. The molecule has 142 valence electrons. The molecule has 0 unspecified atom stereocenters. The van der Waals surface area contributed by atoms with Gasteiger partial charge in [0.15, 0.2) is 17.5 Å². The zero-order valence-corrected chi connectivity index (χ0v) is 15.1. The standard InChI is InChI=1S/C21H14F2N6/c22-17-4-1-3-16(20(17)23)21-26-18-11-25-28(13-19(18)27-21)12-14-5-7-15(8-6-14)29-10-2-9-24-29/h1-11,13H,12H2. The van der Waals surface area contributed by atoms with Crippen LogP contribution in [0.15, 0.2) is 73.3 Å². The fraction of sp³-hybridized carbons (Fsp3) is 0.0476. The van der Waals surface area contributed by atoms with Crippen molar-refractivity contribution in [3.63, 3.8) is 0 Å². The maximum atomic E-state index is 14.0. The van der Waals surface area contributed by atoms with Crippen LogP contribution in [-0.2, 0) is 6.54 Å². The molecule has 0 N–H and O–H groups in total. The van der Waals surface area contributed by atoms with E-state index in [9.17, 15) is 8.78 Å². The van der Waals surface area contributed by atoms with E-state index in [2.05, 4.69) is 20.2 Å². The number of nitrogens with zero attached hydrogens (tertiary/aromatic N) is 6. The lowest BCUT2D eigenvalue weighted by atomic mass is 10.2. The van der Waals surface area contributed by atoms with Crippen molar-refractivity contribution in [3.8, 4) is 28.5 Å². The van der Waals surface area contributed by atoms with E-state index >= 15 is 0 Å². The van der Waals surface area contributed by atoms with Crippen LogP contribution in [0.2, 0.25) is 0 Å². The summed E-state index contributed by atoms with van der Waals surface area (Å²) < 4.78 is 31.0. The molecule has 6 nitrogen and oxygen atoms in total. The van der Waals surface area contributed by atoms with Crippen molar-refractivity contribution in [2.45, 2.75) is 6.54 Å². The summed E-state index contributed by atoms with van der Waals surface area (Å²) in [4.78, 5) is 8.61. The predicted octanol–water partition coefficient (Wildman–Crippen LogP) is 3.96. The summed E-state index contributed by atoms with van der Waals surface area (Å²) in [5.74, 6) is -1.75. The number of benzene rings is 2. The summed E-state index contributed by atoms with van der Waals surface area (Å²) in [6, 6.07) is 13.8. The summed E-state index contributed by atoms with van der Waals surface area (Å²) in [5, 5.41) is 8.56. The van der Waals surface area contributed by atoms with Gasteiger partial charge in [0, 0.05) is 12.4 Å². The van der Waals surface area contributed by atoms with Gasteiger partial charge in [0.25, 0.3) is 0 Å². The third kappa shape index (κ3) is 3.25. The van der Waals surface area contributed by atoms with Crippen LogP contribution in [-0.4, -0.2) is 29.5 Å². The molecule has 0 saturated heterocycles. The highest BCUT2D eigenvalue weighted by atomic mass is 19.2. The van der Waals surface area contributed by atoms with Crippen LogP contribution >= 0.6 is 0 Å². The van der Waals surface area contributed by atoms with Crippen molar-refractivity contribution >= 4 is 0 Å². The number of hydrogen-bond donors (Lipinski definition) is 0. The van der Waals surface area contributed by atoms with Crippen LogP contribution in [0.3, 0.4) is 0 Å². The van der Waals surface area contributed by atoms with Gasteiger partial charge < -0.3 is 0 Å². The molecule has 0 spiro atoms. The van der Waals surface area contributed by atoms with E-state index in [1.165, 1.54) is 12.1 Å². The van der Waals surface area contributed by atoms with E-state index in [1.54, 1.807) is 28.0 Å². The maximum Gasteiger partial charge on any atom is 0.169 e. The van der Waals surface area contributed by atoms with Crippen LogP contribution in [0, 0.1) is 11.6 Å². The second kappa shape index (κ2) is 6.90. The minimum Gasteiger partial charge on any atom is -0.266 e. The summed E-state index contributed by atoms with van der Waals surface area (Å²) in [5.41, 5.74) is 3.13. The van der Waals surface area contributed by atoms with E-state index < -0.39 is 11.6 Å². The van der Waals surface area contributed by atoms with E-state index in [4.69, 9.17) is 0 Å². The molecule has 3 aromatic rings. The van der Waals surface area contributed by atoms with E-state index in [1.807, 2.05) is 36.5 Å². The molecule has 2 aliphatic rings. The molecule has 0 fully saturated rings. The Morgan fingerprint density at radius 1 is 0.862 bits per heavy atom. The Kier molecular flexibility index (Phi) is 4.09. The van der Waals surface area contributed by atoms with Crippen molar-refractivity contribution < 1.29 is 8.78 Å². The van der Waals surface area contributed by atoms with Crippen LogP contribution in [0.1, 0.15) is 5.56 Å². The molecule has 2 aromatic carbocycles. The van der Waals surface area contributed by atoms with Crippen LogP contribution in [0.4, 0.5) is 8.78 Å². The van der Waals surface area contributed by atoms with Crippen molar-refractivity contribution in [2.75, 3.05) is 0 Å². The van der Waals surface area contributed by atoms with Gasteiger partial charge in [-0.1, -0.05) is 18.2 Å². The molecule has 29 heavy (non-hydrogen) atoms. The minimum absolute atomic E-state index is 0.0296. The molecule has 0 saturated carbocycles. The van der Waals surface area contributed by atoms with Gasteiger partial charge in [0.1, 0.15) is 11.4 Å². The first kappa shape index (κ1) is 17.2. The highest BCUT2D eigenvalue weighted by Crippen LogP contribution is 2.27. The van der Waals surface area contributed by atoms with Crippen molar-refractivity contribution in [1.82, 2.24) is 29.5 Å². The van der Waals surface area contributed by atoms with Crippen LogP contribution < -0.4 is 0 Å². The molecular formula is C21H14F2N6. The molecule has 0 amide bonds. The summed E-state index contributed by atoms with van der Waals surface area (Å²) in [6.07, 6.45) is 6.92. The summed E-state index contributed by atoms with van der Waals surface area (Å²) in [7, 11) is 0. The monoisotopic (exact) mass is 388 g/mol. The Morgan fingerprint density at radius 2 is 1.69 bits per heavy atom. The second-order valence-corrected chi connectivity index (χ2v) is 6.51. The smallest absolute Gasteiger partial charge is 0.169 e. The number of aromatic nitrogens is 6. The number of imidazole rings is 1.